The first-order chi connectivity index (χ1) is 5.80. The van der Waals surface area contributed by atoms with E-state index in [0.717, 1.165) is 0 Å². The molecule has 1 atom stereocenters. The van der Waals surface area contributed by atoms with Gasteiger partial charge in [-0.2, -0.15) is 0 Å². The zero-order chi connectivity index (χ0) is 10.6. The van der Waals surface area contributed by atoms with Crippen molar-refractivity contribution in [1.82, 2.24) is 5.32 Å². The van der Waals surface area contributed by atoms with Crippen LogP contribution in [0.4, 0.5) is 0 Å². The SMILES string of the molecule is CC(C)C(N)C(=O)NC(C)(C)CO. The van der Waals surface area contributed by atoms with Gasteiger partial charge in [-0.15, -0.1) is 0 Å². The van der Waals surface area contributed by atoms with Crippen molar-refractivity contribution in [2.45, 2.75) is 39.3 Å². The second-order valence-corrected chi connectivity index (χ2v) is 4.30. The van der Waals surface area contributed by atoms with Crippen LogP contribution in [-0.2, 0) is 4.79 Å². The largest absolute Gasteiger partial charge is 0.394 e. The maximum absolute atomic E-state index is 11.4. The molecule has 0 spiro atoms. The van der Waals surface area contributed by atoms with Gasteiger partial charge >= 0.3 is 0 Å². The molecule has 0 aliphatic carbocycles. The summed E-state index contributed by atoms with van der Waals surface area (Å²) in [4.78, 5) is 11.4. The second kappa shape index (κ2) is 4.58. The zero-order valence-corrected chi connectivity index (χ0v) is 8.79. The minimum atomic E-state index is -0.594. The molecule has 4 N–H and O–H groups in total. The Balaban J connectivity index is 4.15. The van der Waals surface area contributed by atoms with Gasteiger partial charge in [0, 0.05) is 0 Å². The minimum Gasteiger partial charge on any atom is -0.394 e. The fourth-order valence-electron chi connectivity index (χ4n) is 0.759. The molecule has 0 aliphatic rings. The fraction of sp³-hybridized carbons (Fsp3) is 0.889. The molecular weight excluding hydrogens is 168 g/mol. The summed E-state index contributed by atoms with van der Waals surface area (Å²) < 4.78 is 0. The van der Waals surface area contributed by atoms with Crippen molar-refractivity contribution in [2.24, 2.45) is 11.7 Å². The van der Waals surface area contributed by atoms with E-state index in [0.29, 0.717) is 0 Å². The summed E-state index contributed by atoms with van der Waals surface area (Å²) in [5.74, 6) is -0.108. The molecule has 0 saturated carbocycles. The van der Waals surface area contributed by atoms with Crippen molar-refractivity contribution in [2.75, 3.05) is 6.61 Å². The monoisotopic (exact) mass is 188 g/mol. The molecule has 4 nitrogen and oxygen atoms in total. The van der Waals surface area contributed by atoms with E-state index in [1.807, 2.05) is 13.8 Å². The Hall–Kier alpha value is -0.610. The van der Waals surface area contributed by atoms with Crippen molar-refractivity contribution in [3.05, 3.63) is 0 Å². The number of amides is 1. The number of nitrogens with one attached hydrogen (secondary N) is 1. The number of hydrogen-bond donors (Lipinski definition) is 3. The quantitative estimate of drug-likeness (QED) is 0.574. The first-order valence-corrected chi connectivity index (χ1v) is 4.48. The van der Waals surface area contributed by atoms with E-state index in [2.05, 4.69) is 5.32 Å². The highest BCUT2D eigenvalue weighted by Crippen LogP contribution is 2.03. The topological polar surface area (TPSA) is 75.4 Å². The van der Waals surface area contributed by atoms with E-state index in [1.54, 1.807) is 13.8 Å². The zero-order valence-electron chi connectivity index (χ0n) is 8.79. The lowest BCUT2D eigenvalue weighted by molar-refractivity contribution is -0.125. The lowest BCUT2D eigenvalue weighted by Crippen LogP contribution is -2.53. The first kappa shape index (κ1) is 12.4. The third kappa shape index (κ3) is 4.24. The van der Waals surface area contributed by atoms with Crippen LogP contribution in [-0.4, -0.2) is 29.2 Å². The van der Waals surface area contributed by atoms with E-state index >= 15 is 0 Å². The average Bonchev–Trinajstić information content (AvgIpc) is 2.02. The van der Waals surface area contributed by atoms with Crippen molar-refractivity contribution in [3.8, 4) is 0 Å². The maximum Gasteiger partial charge on any atom is 0.237 e. The van der Waals surface area contributed by atoms with Crippen LogP contribution in [0, 0.1) is 5.92 Å². The summed E-state index contributed by atoms with van der Waals surface area (Å²) in [6.45, 7) is 7.17. The van der Waals surface area contributed by atoms with Crippen molar-refractivity contribution in [1.29, 1.82) is 0 Å². The fourth-order valence-corrected chi connectivity index (χ4v) is 0.759. The summed E-state index contributed by atoms with van der Waals surface area (Å²) in [5, 5.41) is 11.6. The molecule has 0 aromatic rings. The van der Waals surface area contributed by atoms with Gasteiger partial charge in [-0.05, 0) is 19.8 Å². The van der Waals surface area contributed by atoms with Gasteiger partial charge in [-0.1, -0.05) is 13.8 Å². The summed E-state index contributed by atoms with van der Waals surface area (Å²) in [7, 11) is 0. The van der Waals surface area contributed by atoms with Gasteiger partial charge in [0.05, 0.1) is 18.2 Å². The molecule has 0 aliphatic heterocycles. The molecule has 4 heteroatoms. The summed E-state index contributed by atoms with van der Waals surface area (Å²) in [5.41, 5.74) is 5.03. The Morgan fingerprint density at radius 2 is 2.00 bits per heavy atom. The number of rotatable bonds is 4. The molecule has 0 heterocycles. The maximum atomic E-state index is 11.4. The summed E-state index contributed by atoms with van der Waals surface area (Å²) >= 11 is 0. The van der Waals surface area contributed by atoms with Crippen LogP contribution >= 0.6 is 0 Å². The lowest BCUT2D eigenvalue weighted by Gasteiger charge is -2.26. The van der Waals surface area contributed by atoms with Crippen LogP contribution in [0.3, 0.4) is 0 Å². The summed E-state index contributed by atoms with van der Waals surface area (Å²) in [6, 6.07) is -0.508. The Kier molecular flexibility index (Phi) is 4.36. The number of hydrogen-bond acceptors (Lipinski definition) is 3. The van der Waals surface area contributed by atoms with Crippen LogP contribution in [0.5, 0.6) is 0 Å². The lowest BCUT2D eigenvalue weighted by atomic mass is 10.0. The molecule has 0 fully saturated rings. The third-order valence-corrected chi connectivity index (χ3v) is 1.88. The standard InChI is InChI=1S/C9H20N2O2/c1-6(2)7(10)8(13)11-9(3,4)5-12/h6-7,12H,5,10H2,1-4H3,(H,11,13). The number of aliphatic hydroxyl groups excluding tert-OH is 1. The highest BCUT2D eigenvalue weighted by Gasteiger charge is 2.24. The molecule has 78 valence electrons. The Labute approximate surface area is 79.5 Å². The van der Waals surface area contributed by atoms with Crippen molar-refractivity contribution < 1.29 is 9.90 Å². The molecule has 1 amide bonds. The van der Waals surface area contributed by atoms with Gasteiger partial charge in [0.25, 0.3) is 0 Å². The first-order valence-electron chi connectivity index (χ1n) is 4.48. The highest BCUT2D eigenvalue weighted by molar-refractivity contribution is 5.82. The molecule has 0 radical (unpaired) electrons. The van der Waals surface area contributed by atoms with E-state index in [1.165, 1.54) is 0 Å². The van der Waals surface area contributed by atoms with E-state index in [9.17, 15) is 4.79 Å². The molecule has 0 aromatic carbocycles. The second-order valence-electron chi connectivity index (χ2n) is 4.30. The van der Waals surface area contributed by atoms with E-state index < -0.39 is 11.6 Å². The van der Waals surface area contributed by atoms with Gasteiger partial charge < -0.3 is 16.2 Å². The summed E-state index contributed by atoms with van der Waals surface area (Å²) in [6.07, 6.45) is 0. The van der Waals surface area contributed by atoms with Crippen LogP contribution in [0.2, 0.25) is 0 Å². The highest BCUT2D eigenvalue weighted by atomic mass is 16.3. The Morgan fingerprint density at radius 3 is 2.31 bits per heavy atom. The van der Waals surface area contributed by atoms with Gasteiger partial charge in [-0.3, -0.25) is 4.79 Å². The Bertz CT molecular complexity index is 178. The molecule has 0 bridgehead atoms. The number of carbonyl (C=O) groups excluding carboxylic acids is 1. The number of carbonyl (C=O) groups is 1. The van der Waals surface area contributed by atoms with Gasteiger partial charge in [-0.25, -0.2) is 0 Å². The van der Waals surface area contributed by atoms with Crippen molar-refractivity contribution >= 4 is 5.91 Å². The third-order valence-electron chi connectivity index (χ3n) is 1.88. The molecule has 13 heavy (non-hydrogen) atoms. The smallest absolute Gasteiger partial charge is 0.237 e. The van der Waals surface area contributed by atoms with E-state index in [-0.39, 0.29) is 18.4 Å². The van der Waals surface area contributed by atoms with Crippen LogP contribution in [0.25, 0.3) is 0 Å². The molecule has 0 saturated heterocycles. The molecule has 0 rings (SSSR count). The minimum absolute atomic E-state index is 0.0937. The van der Waals surface area contributed by atoms with Gasteiger partial charge in [0.15, 0.2) is 0 Å². The molecule has 1 unspecified atom stereocenters. The molecular formula is C9H20N2O2. The van der Waals surface area contributed by atoms with Crippen LogP contribution in [0.1, 0.15) is 27.7 Å². The normalized spacial score (nSPS) is 14.4. The van der Waals surface area contributed by atoms with E-state index in [4.69, 9.17) is 10.8 Å². The van der Waals surface area contributed by atoms with Gasteiger partial charge in [0.1, 0.15) is 0 Å². The van der Waals surface area contributed by atoms with Crippen LogP contribution in [0.15, 0.2) is 0 Å². The Morgan fingerprint density at radius 1 is 1.54 bits per heavy atom. The number of nitrogens with two attached hydrogens (primary N) is 1. The predicted octanol–water partition coefficient (Wildman–Crippen LogP) is -0.143. The van der Waals surface area contributed by atoms with Crippen LogP contribution < -0.4 is 11.1 Å². The van der Waals surface area contributed by atoms with Gasteiger partial charge in [0.2, 0.25) is 5.91 Å². The predicted molar refractivity (Wildman–Crippen MR) is 52.1 cm³/mol. The number of aliphatic hydroxyl groups is 1. The average molecular weight is 188 g/mol. The molecule has 0 aromatic heterocycles. The van der Waals surface area contributed by atoms with Crippen molar-refractivity contribution in [3.63, 3.8) is 0 Å².